The van der Waals surface area contributed by atoms with Gasteiger partial charge in [0.25, 0.3) is 0 Å². The molecule has 82 valence electrons. The molecule has 0 atom stereocenters. The summed E-state index contributed by atoms with van der Waals surface area (Å²) in [6.07, 6.45) is 1.02. The minimum atomic E-state index is 0.346. The molecule has 0 unspecified atom stereocenters. The minimum absolute atomic E-state index is 0.346. The largest absolute Gasteiger partial charge is 0.159 e. The van der Waals surface area contributed by atoms with Gasteiger partial charge in [0.05, 0.1) is 0 Å². The van der Waals surface area contributed by atoms with Crippen molar-refractivity contribution < 1.29 is 0 Å². The summed E-state index contributed by atoms with van der Waals surface area (Å²) in [4.78, 5) is 0. The van der Waals surface area contributed by atoms with Gasteiger partial charge in [-0.2, -0.15) is 0 Å². The van der Waals surface area contributed by atoms with Crippen LogP contribution in [0.3, 0.4) is 0 Å². The second-order valence-corrected chi connectivity index (χ2v) is 4.17. The van der Waals surface area contributed by atoms with Crippen molar-refractivity contribution in [3.05, 3.63) is 46.2 Å². The van der Waals surface area contributed by atoms with Crippen LogP contribution in [0.2, 0.25) is 10.3 Å². The van der Waals surface area contributed by atoms with E-state index in [1.807, 2.05) is 12.1 Å². The van der Waals surface area contributed by atoms with Crippen LogP contribution in [0.1, 0.15) is 12.5 Å². The minimum Gasteiger partial charge on any atom is -0.137 e. The first-order chi connectivity index (χ1) is 7.70. The van der Waals surface area contributed by atoms with Crippen LogP contribution in [0, 0.1) is 0 Å². The quantitative estimate of drug-likeness (QED) is 0.807. The fourth-order valence-electron chi connectivity index (χ4n) is 1.48. The van der Waals surface area contributed by atoms with Crippen LogP contribution in [0.5, 0.6) is 0 Å². The molecule has 16 heavy (non-hydrogen) atoms. The van der Waals surface area contributed by atoms with E-state index < -0.39 is 0 Å². The summed E-state index contributed by atoms with van der Waals surface area (Å²) < 4.78 is 0. The van der Waals surface area contributed by atoms with Gasteiger partial charge in [0.15, 0.2) is 10.3 Å². The van der Waals surface area contributed by atoms with Crippen molar-refractivity contribution in [2.24, 2.45) is 0 Å². The van der Waals surface area contributed by atoms with Crippen LogP contribution in [-0.4, -0.2) is 10.2 Å². The Labute approximate surface area is 104 Å². The summed E-state index contributed by atoms with van der Waals surface area (Å²) in [6, 6.07) is 9.88. The number of benzene rings is 1. The summed E-state index contributed by atoms with van der Waals surface area (Å²) in [5, 5.41) is 8.18. The van der Waals surface area contributed by atoms with Crippen molar-refractivity contribution in [2.75, 3.05) is 0 Å². The van der Waals surface area contributed by atoms with Gasteiger partial charge < -0.3 is 0 Å². The fraction of sp³-hybridized carbons (Fsp3) is 0.167. The highest BCUT2D eigenvalue weighted by atomic mass is 35.5. The van der Waals surface area contributed by atoms with Gasteiger partial charge in [0.1, 0.15) is 0 Å². The molecular weight excluding hydrogens is 243 g/mol. The molecule has 2 aromatic rings. The maximum atomic E-state index is 5.97. The lowest BCUT2D eigenvalue weighted by molar-refractivity contribution is 1.03. The van der Waals surface area contributed by atoms with Gasteiger partial charge in [-0.1, -0.05) is 54.4 Å². The lowest BCUT2D eigenvalue weighted by atomic mass is 10.1. The lowest BCUT2D eigenvalue weighted by Crippen LogP contribution is -1.88. The second kappa shape index (κ2) is 4.81. The van der Waals surface area contributed by atoms with Crippen molar-refractivity contribution in [3.8, 4) is 11.1 Å². The summed E-state index contributed by atoms with van der Waals surface area (Å²) in [5.41, 5.74) is 3.09. The standard InChI is InChI=1S/C12H10Cl2N2/c1-2-8-3-5-9(6-4-8)10-7-11(13)15-16-12(10)14/h3-7H,2H2,1H3. The van der Waals surface area contributed by atoms with Crippen LogP contribution < -0.4 is 0 Å². The first-order valence-corrected chi connectivity index (χ1v) is 5.74. The van der Waals surface area contributed by atoms with Crippen LogP contribution in [0.15, 0.2) is 30.3 Å². The van der Waals surface area contributed by atoms with Crippen molar-refractivity contribution in [1.29, 1.82) is 0 Å². The van der Waals surface area contributed by atoms with Crippen LogP contribution >= 0.6 is 23.2 Å². The summed E-state index contributed by atoms with van der Waals surface area (Å²) in [5.74, 6) is 0. The Hall–Kier alpha value is -1.12. The summed E-state index contributed by atoms with van der Waals surface area (Å²) in [7, 11) is 0. The third-order valence-corrected chi connectivity index (χ3v) is 2.86. The molecule has 1 aromatic heterocycles. The fourth-order valence-corrected chi connectivity index (χ4v) is 1.82. The molecular formula is C12H10Cl2N2. The van der Waals surface area contributed by atoms with E-state index in [0.717, 1.165) is 17.5 Å². The molecule has 0 saturated carbocycles. The van der Waals surface area contributed by atoms with Crippen molar-refractivity contribution >= 4 is 23.2 Å². The molecule has 2 nitrogen and oxygen atoms in total. The second-order valence-electron chi connectivity index (χ2n) is 3.42. The van der Waals surface area contributed by atoms with Gasteiger partial charge in [0, 0.05) is 5.56 Å². The van der Waals surface area contributed by atoms with Gasteiger partial charge in [-0.05, 0) is 23.6 Å². The highest BCUT2D eigenvalue weighted by Gasteiger charge is 2.06. The molecule has 4 heteroatoms. The number of halogens is 2. The molecule has 0 amide bonds. The molecule has 0 spiro atoms. The Balaban J connectivity index is 2.45. The number of aromatic nitrogens is 2. The van der Waals surface area contributed by atoms with E-state index in [1.54, 1.807) is 6.07 Å². The SMILES string of the molecule is CCc1ccc(-c2cc(Cl)nnc2Cl)cc1. The van der Waals surface area contributed by atoms with Gasteiger partial charge >= 0.3 is 0 Å². The van der Waals surface area contributed by atoms with Gasteiger partial charge in [0.2, 0.25) is 0 Å². The molecule has 2 rings (SSSR count). The van der Waals surface area contributed by atoms with E-state index in [9.17, 15) is 0 Å². The van der Waals surface area contributed by atoms with Gasteiger partial charge in [-0.15, -0.1) is 10.2 Å². The summed E-state index contributed by atoms with van der Waals surface area (Å²) in [6.45, 7) is 2.12. The Kier molecular flexibility index (Phi) is 3.42. The first-order valence-electron chi connectivity index (χ1n) is 4.98. The Morgan fingerprint density at radius 3 is 2.38 bits per heavy atom. The highest BCUT2D eigenvalue weighted by Crippen LogP contribution is 2.27. The smallest absolute Gasteiger partial charge is 0.137 e. The zero-order valence-corrected chi connectivity index (χ0v) is 10.3. The van der Waals surface area contributed by atoms with Crippen molar-refractivity contribution in [1.82, 2.24) is 10.2 Å². The van der Waals surface area contributed by atoms with Crippen LogP contribution in [-0.2, 0) is 6.42 Å². The average molecular weight is 253 g/mol. The zero-order valence-electron chi connectivity index (χ0n) is 8.74. The molecule has 1 aromatic carbocycles. The monoisotopic (exact) mass is 252 g/mol. The predicted molar refractivity (Wildman–Crippen MR) is 66.9 cm³/mol. The Morgan fingerprint density at radius 1 is 1.06 bits per heavy atom. The van der Waals surface area contributed by atoms with E-state index in [2.05, 4.69) is 29.3 Å². The molecule has 0 aliphatic carbocycles. The van der Waals surface area contributed by atoms with Crippen molar-refractivity contribution in [2.45, 2.75) is 13.3 Å². The molecule has 0 aliphatic rings. The maximum Gasteiger partial charge on any atom is 0.159 e. The molecule has 0 N–H and O–H groups in total. The highest BCUT2D eigenvalue weighted by molar-refractivity contribution is 6.33. The Bertz CT molecular complexity index is 495. The first kappa shape index (κ1) is 11.4. The number of nitrogens with zero attached hydrogens (tertiary/aromatic N) is 2. The van der Waals surface area contributed by atoms with Gasteiger partial charge in [-0.3, -0.25) is 0 Å². The van der Waals surface area contributed by atoms with Crippen LogP contribution in [0.4, 0.5) is 0 Å². The molecule has 0 radical (unpaired) electrons. The maximum absolute atomic E-state index is 5.97. The van der Waals surface area contributed by atoms with Crippen molar-refractivity contribution in [3.63, 3.8) is 0 Å². The van der Waals surface area contributed by atoms with E-state index in [-0.39, 0.29) is 0 Å². The van der Waals surface area contributed by atoms with E-state index in [0.29, 0.717) is 10.3 Å². The molecule has 1 heterocycles. The molecule has 0 aliphatic heterocycles. The van der Waals surface area contributed by atoms with E-state index >= 15 is 0 Å². The molecule has 0 fully saturated rings. The Morgan fingerprint density at radius 2 is 1.75 bits per heavy atom. The summed E-state index contributed by atoms with van der Waals surface area (Å²) >= 11 is 11.8. The zero-order chi connectivity index (χ0) is 11.5. The predicted octanol–water partition coefficient (Wildman–Crippen LogP) is 4.01. The number of hydrogen-bond donors (Lipinski definition) is 0. The van der Waals surface area contributed by atoms with E-state index in [4.69, 9.17) is 23.2 Å². The molecule has 0 saturated heterocycles. The topological polar surface area (TPSA) is 25.8 Å². The van der Waals surface area contributed by atoms with Crippen LogP contribution in [0.25, 0.3) is 11.1 Å². The van der Waals surface area contributed by atoms with E-state index in [1.165, 1.54) is 5.56 Å². The lowest BCUT2D eigenvalue weighted by Gasteiger charge is -2.04. The number of hydrogen-bond acceptors (Lipinski definition) is 2. The number of rotatable bonds is 2. The van der Waals surface area contributed by atoms with Gasteiger partial charge in [-0.25, -0.2) is 0 Å². The normalized spacial score (nSPS) is 10.4. The third-order valence-electron chi connectivity index (χ3n) is 2.39. The third kappa shape index (κ3) is 2.34. The average Bonchev–Trinajstić information content (AvgIpc) is 2.32. The number of aryl methyl sites for hydroxylation is 1. The molecule has 0 bridgehead atoms.